The minimum absolute atomic E-state index is 0.410. The molecule has 0 saturated heterocycles. The number of hydrogen-bond acceptors (Lipinski definition) is 4. The Bertz CT molecular complexity index is 678. The summed E-state index contributed by atoms with van der Waals surface area (Å²) < 4.78 is 6.80. The third kappa shape index (κ3) is 3.11. The second-order valence-electron chi connectivity index (χ2n) is 4.85. The van der Waals surface area contributed by atoms with Crippen LogP contribution in [-0.2, 0) is 6.42 Å². The van der Waals surface area contributed by atoms with Gasteiger partial charge in [-0.3, -0.25) is 0 Å². The van der Waals surface area contributed by atoms with E-state index < -0.39 is 0 Å². The average Bonchev–Trinajstić information content (AvgIpc) is 2.88. The summed E-state index contributed by atoms with van der Waals surface area (Å²) in [5, 5.41) is 9.34. The van der Waals surface area contributed by atoms with Crippen LogP contribution in [0.15, 0.2) is 41.3 Å². The van der Waals surface area contributed by atoms with E-state index in [1.165, 1.54) is 10.5 Å². The van der Waals surface area contributed by atoms with Crippen LogP contribution in [-0.4, -0.2) is 11.9 Å². The molecule has 1 aliphatic rings. The molecule has 1 aliphatic heterocycles. The molecule has 0 saturated carbocycles. The SMILES string of the molecule is N#Cc1cc(N)c(OCC2Cc3ccccc3S2)c(I)c1. The van der Waals surface area contributed by atoms with Crippen molar-refractivity contribution in [1.29, 1.82) is 5.26 Å². The maximum atomic E-state index is 8.93. The maximum Gasteiger partial charge on any atom is 0.155 e. The molecule has 2 aromatic carbocycles. The number of hydrogen-bond donors (Lipinski definition) is 1. The van der Waals surface area contributed by atoms with E-state index in [4.69, 9.17) is 15.7 Å². The highest BCUT2D eigenvalue weighted by molar-refractivity contribution is 14.1. The number of nitriles is 1. The van der Waals surface area contributed by atoms with E-state index in [-0.39, 0.29) is 0 Å². The summed E-state index contributed by atoms with van der Waals surface area (Å²) in [6.45, 7) is 0.617. The first-order valence-electron chi connectivity index (χ1n) is 6.54. The second kappa shape index (κ2) is 6.16. The van der Waals surface area contributed by atoms with Crippen molar-refractivity contribution in [3.05, 3.63) is 51.1 Å². The number of nitrogens with zero attached hydrogens (tertiary/aromatic N) is 1. The van der Waals surface area contributed by atoms with Crippen molar-refractivity contribution in [2.24, 2.45) is 0 Å². The van der Waals surface area contributed by atoms with E-state index in [0.717, 1.165) is 9.99 Å². The summed E-state index contributed by atoms with van der Waals surface area (Å²) >= 11 is 4.01. The Hall–Kier alpha value is -1.39. The number of nitrogen functional groups attached to an aromatic ring is 1. The van der Waals surface area contributed by atoms with Crippen molar-refractivity contribution >= 4 is 40.0 Å². The van der Waals surface area contributed by atoms with E-state index >= 15 is 0 Å². The molecule has 0 aromatic heterocycles. The Kier molecular flexibility index (Phi) is 4.27. The number of anilines is 1. The zero-order valence-corrected chi connectivity index (χ0v) is 14.1. The van der Waals surface area contributed by atoms with Crippen LogP contribution in [0.5, 0.6) is 5.75 Å². The molecular weight excluding hydrogens is 395 g/mol. The fourth-order valence-corrected chi connectivity index (χ4v) is 4.38. The van der Waals surface area contributed by atoms with Crippen LogP contribution in [0, 0.1) is 14.9 Å². The fraction of sp³-hybridized carbons (Fsp3) is 0.188. The average molecular weight is 408 g/mol. The Morgan fingerprint density at radius 1 is 1.38 bits per heavy atom. The Balaban J connectivity index is 1.69. The molecular formula is C16H13IN2OS. The lowest BCUT2D eigenvalue weighted by atomic mass is 10.1. The lowest BCUT2D eigenvalue weighted by molar-refractivity contribution is 0.317. The third-order valence-electron chi connectivity index (χ3n) is 3.33. The number of ether oxygens (including phenoxy) is 1. The molecule has 1 atom stereocenters. The highest BCUT2D eigenvalue weighted by Gasteiger charge is 2.23. The largest absolute Gasteiger partial charge is 0.489 e. The molecule has 0 bridgehead atoms. The Morgan fingerprint density at radius 2 is 2.19 bits per heavy atom. The van der Waals surface area contributed by atoms with E-state index in [0.29, 0.717) is 28.9 Å². The normalized spacial score (nSPS) is 16.3. The van der Waals surface area contributed by atoms with Gasteiger partial charge in [-0.25, -0.2) is 0 Å². The molecule has 1 unspecified atom stereocenters. The summed E-state index contributed by atoms with van der Waals surface area (Å²) in [5.74, 6) is 0.686. The van der Waals surface area contributed by atoms with E-state index in [2.05, 4.69) is 52.9 Å². The predicted molar refractivity (Wildman–Crippen MR) is 93.6 cm³/mol. The standard InChI is InChI=1S/C16H13IN2OS/c17-13-5-10(8-18)6-14(19)16(13)20-9-12-7-11-3-1-2-4-15(11)21-12/h1-6,12H,7,9,19H2. The zero-order chi connectivity index (χ0) is 14.8. The Morgan fingerprint density at radius 3 is 2.90 bits per heavy atom. The van der Waals surface area contributed by atoms with Crippen molar-refractivity contribution in [3.8, 4) is 11.8 Å². The Labute approximate surface area is 141 Å². The van der Waals surface area contributed by atoms with E-state index in [1.807, 2.05) is 11.8 Å². The molecule has 0 fully saturated rings. The second-order valence-corrected chi connectivity index (χ2v) is 7.36. The molecule has 2 aromatic rings. The molecule has 3 rings (SSSR count). The fourth-order valence-electron chi connectivity index (χ4n) is 2.35. The van der Waals surface area contributed by atoms with Crippen molar-refractivity contribution in [1.82, 2.24) is 0 Å². The maximum absolute atomic E-state index is 8.93. The molecule has 5 heteroatoms. The lowest BCUT2D eigenvalue weighted by Gasteiger charge is -2.14. The van der Waals surface area contributed by atoms with Gasteiger partial charge >= 0.3 is 0 Å². The van der Waals surface area contributed by atoms with Gasteiger partial charge < -0.3 is 10.5 Å². The van der Waals surface area contributed by atoms with Crippen LogP contribution in [0.4, 0.5) is 5.69 Å². The molecule has 0 aliphatic carbocycles. The van der Waals surface area contributed by atoms with E-state index in [9.17, 15) is 0 Å². The van der Waals surface area contributed by atoms with Crippen LogP contribution in [0.2, 0.25) is 0 Å². The molecule has 0 radical (unpaired) electrons. The zero-order valence-electron chi connectivity index (χ0n) is 11.2. The highest BCUT2D eigenvalue weighted by Crippen LogP contribution is 2.38. The number of nitrogens with two attached hydrogens (primary N) is 1. The summed E-state index contributed by atoms with van der Waals surface area (Å²) in [4.78, 5) is 1.34. The molecule has 2 N–H and O–H groups in total. The van der Waals surface area contributed by atoms with Crippen LogP contribution in [0.1, 0.15) is 11.1 Å². The van der Waals surface area contributed by atoms with Crippen molar-refractivity contribution in [2.45, 2.75) is 16.6 Å². The predicted octanol–water partition coefficient (Wildman–Crippen LogP) is 3.84. The van der Waals surface area contributed by atoms with Crippen LogP contribution < -0.4 is 10.5 Å². The van der Waals surface area contributed by atoms with Crippen LogP contribution in [0.3, 0.4) is 0 Å². The minimum atomic E-state index is 0.410. The summed E-state index contributed by atoms with van der Waals surface area (Å²) in [5.41, 5.74) is 8.46. The van der Waals surface area contributed by atoms with Crippen LogP contribution in [0.25, 0.3) is 0 Å². The summed E-state index contributed by atoms with van der Waals surface area (Å²) in [6, 6.07) is 14.0. The molecule has 0 amide bonds. The first-order chi connectivity index (χ1) is 10.2. The molecule has 21 heavy (non-hydrogen) atoms. The quantitative estimate of drug-likeness (QED) is 0.620. The van der Waals surface area contributed by atoms with Crippen molar-refractivity contribution < 1.29 is 4.74 Å². The molecule has 106 valence electrons. The topological polar surface area (TPSA) is 59.0 Å². The van der Waals surface area contributed by atoms with Gasteiger partial charge in [-0.15, -0.1) is 11.8 Å². The minimum Gasteiger partial charge on any atom is -0.489 e. The van der Waals surface area contributed by atoms with Gasteiger partial charge in [0.2, 0.25) is 0 Å². The van der Waals surface area contributed by atoms with Crippen LogP contribution >= 0.6 is 34.4 Å². The number of thioether (sulfide) groups is 1. The third-order valence-corrected chi connectivity index (χ3v) is 5.42. The van der Waals surface area contributed by atoms with Crippen molar-refractivity contribution in [3.63, 3.8) is 0 Å². The summed E-state index contributed by atoms with van der Waals surface area (Å²) in [7, 11) is 0. The van der Waals surface area contributed by atoms with Crippen molar-refractivity contribution in [2.75, 3.05) is 12.3 Å². The molecule has 1 heterocycles. The summed E-state index contributed by atoms with van der Waals surface area (Å²) in [6.07, 6.45) is 1.02. The smallest absolute Gasteiger partial charge is 0.155 e. The first kappa shape index (κ1) is 14.5. The number of rotatable bonds is 3. The van der Waals surface area contributed by atoms with Gasteiger partial charge in [0.25, 0.3) is 0 Å². The van der Waals surface area contributed by atoms with Gasteiger partial charge in [0.15, 0.2) is 5.75 Å². The number of halogens is 1. The molecule has 3 nitrogen and oxygen atoms in total. The van der Waals surface area contributed by atoms with Gasteiger partial charge in [-0.2, -0.15) is 5.26 Å². The van der Waals surface area contributed by atoms with Gasteiger partial charge in [-0.1, -0.05) is 18.2 Å². The lowest BCUT2D eigenvalue weighted by Crippen LogP contribution is -2.14. The molecule has 0 spiro atoms. The number of benzene rings is 2. The van der Waals surface area contributed by atoms with Gasteiger partial charge in [-0.05, 0) is 52.8 Å². The monoisotopic (exact) mass is 408 g/mol. The van der Waals surface area contributed by atoms with Gasteiger partial charge in [0.05, 0.1) is 20.9 Å². The van der Waals surface area contributed by atoms with Gasteiger partial charge in [0, 0.05) is 10.1 Å². The highest BCUT2D eigenvalue weighted by atomic mass is 127. The van der Waals surface area contributed by atoms with Gasteiger partial charge in [0.1, 0.15) is 6.61 Å². The number of fused-ring (bicyclic) bond motifs is 1. The van der Waals surface area contributed by atoms with E-state index in [1.54, 1.807) is 12.1 Å². The first-order valence-corrected chi connectivity index (χ1v) is 8.49.